The Kier molecular flexibility index (Phi) is 4.27. The van der Waals surface area contributed by atoms with Crippen LogP contribution in [0.3, 0.4) is 0 Å². The number of hydrogen-bond donors (Lipinski definition) is 2. The average molecular weight is 286 g/mol. The highest BCUT2D eigenvalue weighted by molar-refractivity contribution is 7.88. The Morgan fingerprint density at radius 1 is 1.58 bits per heavy atom. The third-order valence-electron chi connectivity index (χ3n) is 3.83. The topological polar surface area (TPSA) is 78.1 Å². The van der Waals surface area contributed by atoms with Gasteiger partial charge >= 0.3 is 0 Å². The molecule has 1 aliphatic heterocycles. The fourth-order valence-corrected chi connectivity index (χ4v) is 3.45. The summed E-state index contributed by atoms with van der Waals surface area (Å²) in [5.41, 5.74) is 2.24. The number of rotatable bonds is 4. The van der Waals surface area contributed by atoms with Crippen LogP contribution in [0.25, 0.3) is 0 Å². The van der Waals surface area contributed by atoms with E-state index in [4.69, 9.17) is 0 Å². The van der Waals surface area contributed by atoms with Crippen LogP contribution >= 0.6 is 0 Å². The van der Waals surface area contributed by atoms with Gasteiger partial charge in [-0.25, -0.2) is 12.7 Å². The van der Waals surface area contributed by atoms with Crippen LogP contribution < -0.4 is 5.32 Å². The number of H-pyrrole nitrogens is 1. The van der Waals surface area contributed by atoms with E-state index in [1.807, 2.05) is 13.1 Å². The van der Waals surface area contributed by atoms with Crippen LogP contribution in [-0.4, -0.2) is 48.3 Å². The molecule has 2 N–H and O–H groups in total. The number of hydrogen-bond acceptors (Lipinski definition) is 4. The molecular formula is C12H22N4O2S. The molecule has 0 radical (unpaired) electrons. The van der Waals surface area contributed by atoms with Crippen molar-refractivity contribution in [2.75, 3.05) is 19.3 Å². The van der Waals surface area contributed by atoms with Crippen molar-refractivity contribution in [3.8, 4) is 0 Å². The number of aryl methyl sites for hydroxylation is 1. The minimum Gasteiger partial charge on any atom is -0.309 e. The Morgan fingerprint density at radius 2 is 2.32 bits per heavy atom. The van der Waals surface area contributed by atoms with E-state index in [1.54, 1.807) is 4.31 Å². The molecule has 1 fully saturated rings. The largest absolute Gasteiger partial charge is 0.309 e. The van der Waals surface area contributed by atoms with E-state index in [2.05, 4.69) is 22.4 Å². The van der Waals surface area contributed by atoms with E-state index in [0.717, 1.165) is 24.2 Å². The molecule has 1 saturated heterocycles. The van der Waals surface area contributed by atoms with Crippen molar-refractivity contribution < 1.29 is 8.42 Å². The average Bonchev–Trinajstić information content (AvgIpc) is 2.72. The molecule has 108 valence electrons. The maximum absolute atomic E-state index is 11.5. The predicted molar refractivity (Wildman–Crippen MR) is 74.2 cm³/mol. The summed E-state index contributed by atoms with van der Waals surface area (Å²) in [7, 11) is -3.06. The Labute approximate surface area is 114 Å². The highest BCUT2D eigenvalue weighted by atomic mass is 32.2. The van der Waals surface area contributed by atoms with Crippen molar-refractivity contribution in [2.24, 2.45) is 5.92 Å². The zero-order chi connectivity index (χ0) is 14.0. The van der Waals surface area contributed by atoms with E-state index in [-0.39, 0.29) is 0 Å². The minimum absolute atomic E-state index is 0.315. The quantitative estimate of drug-likeness (QED) is 0.844. The molecule has 2 atom stereocenters. The second-order valence-electron chi connectivity index (χ2n) is 5.39. The third kappa shape index (κ3) is 3.55. The molecule has 7 heteroatoms. The van der Waals surface area contributed by atoms with Crippen LogP contribution in [0.15, 0.2) is 6.20 Å². The Morgan fingerprint density at radius 3 is 2.84 bits per heavy atom. The lowest BCUT2D eigenvalue weighted by Gasteiger charge is -2.36. The summed E-state index contributed by atoms with van der Waals surface area (Å²) in [6.45, 7) is 6.07. The molecule has 2 rings (SSSR count). The van der Waals surface area contributed by atoms with Crippen LogP contribution in [0.2, 0.25) is 0 Å². The summed E-state index contributed by atoms with van der Waals surface area (Å²) < 4.78 is 24.6. The molecule has 0 unspecified atom stereocenters. The number of nitrogens with one attached hydrogen (secondary N) is 2. The fraction of sp³-hybridized carbons (Fsp3) is 0.750. The first kappa shape index (κ1) is 14.5. The molecule has 0 amide bonds. The van der Waals surface area contributed by atoms with Gasteiger partial charge in [0.05, 0.1) is 12.5 Å². The van der Waals surface area contributed by atoms with Gasteiger partial charge in [-0.3, -0.25) is 5.10 Å². The normalized spacial score (nSPS) is 25.6. The number of nitrogens with zero attached hydrogens (tertiary/aromatic N) is 2. The summed E-state index contributed by atoms with van der Waals surface area (Å²) in [6, 6.07) is 0.354. The number of sulfonamides is 1. The van der Waals surface area contributed by atoms with E-state index < -0.39 is 10.0 Å². The van der Waals surface area contributed by atoms with Crippen LogP contribution in [0.4, 0.5) is 0 Å². The Hall–Kier alpha value is -0.920. The van der Waals surface area contributed by atoms with Crippen molar-refractivity contribution in [3.63, 3.8) is 0 Å². The van der Waals surface area contributed by atoms with Gasteiger partial charge in [0.1, 0.15) is 0 Å². The second-order valence-corrected chi connectivity index (χ2v) is 7.38. The molecule has 19 heavy (non-hydrogen) atoms. The lowest BCUT2D eigenvalue weighted by Crippen LogP contribution is -2.49. The van der Waals surface area contributed by atoms with Crippen molar-refractivity contribution in [3.05, 3.63) is 17.5 Å². The molecular weight excluding hydrogens is 264 g/mol. The van der Waals surface area contributed by atoms with Gasteiger partial charge in [-0.1, -0.05) is 6.92 Å². The molecule has 0 saturated carbocycles. The second kappa shape index (κ2) is 5.60. The maximum atomic E-state index is 11.5. The SMILES string of the molecule is Cc1[nH]ncc1CN[C@@H]1CCN(S(C)(=O)=O)C[C@H]1C. The molecule has 0 aromatic carbocycles. The van der Waals surface area contributed by atoms with Crippen molar-refractivity contribution >= 4 is 10.0 Å². The lowest BCUT2D eigenvalue weighted by molar-refractivity contribution is 0.220. The molecule has 0 bridgehead atoms. The van der Waals surface area contributed by atoms with Crippen LogP contribution in [0, 0.1) is 12.8 Å². The highest BCUT2D eigenvalue weighted by Crippen LogP contribution is 2.19. The first-order valence-corrected chi connectivity index (χ1v) is 8.40. The molecule has 0 spiro atoms. The Balaban J connectivity index is 1.89. The molecule has 1 aliphatic rings. The minimum atomic E-state index is -3.06. The number of aromatic nitrogens is 2. The summed E-state index contributed by atoms with van der Waals surface area (Å²) in [5.74, 6) is 0.315. The van der Waals surface area contributed by atoms with Crippen LogP contribution in [0.5, 0.6) is 0 Å². The molecule has 1 aromatic heterocycles. The van der Waals surface area contributed by atoms with Gasteiger partial charge in [0.2, 0.25) is 10.0 Å². The van der Waals surface area contributed by atoms with Crippen molar-refractivity contribution in [1.29, 1.82) is 0 Å². The maximum Gasteiger partial charge on any atom is 0.211 e. The third-order valence-corrected chi connectivity index (χ3v) is 5.10. The van der Waals surface area contributed by atoms with E-state index in [9.17, 15) is 8.42 Å². The van der Waals surface area contributed by atoms with Crippen LogP contribution in [0.1, 0.15) is 24.6 Å². The van der Waals surface area contributed by atoms with Gasteiger partial charge in [-0.15, -0.1) is 0 Å². The zero-order valence-corrected chi connectivity index (χ0v) is 12.5. The fourth-order valence-electron chi connectivity index (χ4n) is 2.51. The van der Waals surface area contributed by atoms with E-state index in [0.29, 0.717) is 25.0 Å². The Bertz CT molecular complexity index is 526. The van der Waals surface area contributed by atoms with Gasteiger partial charge in [0.25, 0.3) is 0 Å². The van der Waals surface area contributed by atoms with Gasteiger partial charge in [-0.05, 0) is 19.3 Å². The lowest BCUT2D eigenvalue weighted by atomic mass is 9.95. The van der Waals surface area contributed by atoms with E-state index >= 15 is 0 Å². The predicted octanol–water partition coefficient (Wildman–Crippen LogP) is 0.478. The number of aromatic amines is 1. The summed E-state index contributed by atoms with van der Waals surface area (Å²) >= 11 is 0. The summed E-state index contributed by atoms with van der Waals surface area (Å²) in [5, 5.41) is 10.4. The first-order valence-electron chi connectivity index (χ1n) is 6.55. The smallest absolute Gasteiger partial charge is 0.211 e. The highest BCUT2D eigenvalue weighted by Gasteiger charge is 2.30. The molecule has 6 nitrogen and oxygen atoms in total. The van der Waals surface area contributed by atoms with Gasteiger partial charge in [-0.2, -0.15) is 5.10 Å². The summed E-state index contributed by atoms with van der Waals surface area (Å²) in [6.07, 6.45) is 3.96. The standard InChI is InChI=1S/C12H22N4O2S/c1-9-8-16(19(3,17)18)5-4-12(9)13-6-11-7-14-15-10(11)2/h7,9,12-13H,4-6,8H2,1-3H3,(H,14,15)/t9-,12-/m1/s1. The van der Waals surface area contributed by atoms with E-state index in [1.165, 1.54) is 6.26 Å². The molecule has 1 aromatic rings. The van der Waals surface area contributed by atoms with Gasteiger partial charge in [0, 0.05) is 36.9 Å². The van der Waals surface area contributed by atoms with Crippen LogP contribution in [-0.2, 0) is 16.6 Å². The zero-order valence-electron chi connectivity index (χ0n) is 11.7. The molecule has 2 heterocycles. The van der Waals surface area contributed by atoms with Gasteiger partial charge < -0.3 is 5.32 Å². The van der Waals surface area contributed by atoms with Crippen molar-refractivity contribution in [1.82, 2.24) is 19.8 Å². The van der Waals surface area contributed by atoms with Gasteiger partial charge in [0.15, 0.2) is 0 Å². The van der Waals surface area contributed by atoms with Crippen molar-refractivity contribution in [2.45, 2.75) is 32.9 Å². The summed E-state index contributed by atoms with van der Waals surface area (Å²) in [4.78, 5) is 0. The number of piperidine rings is 1. The molecule has 0 aliphatic carbocycles. The first-order chi connectivity index (χ1) is 8.88. The monoisotopic (exact) mass is 286 g/mol.